The minimum Gasteiger partial charge on any atom is -0.467 e. The zero-order valence-corrected chi connectivity index (χ0v) is 22.0. The quantitative estimate of drug-likeness (QED) is 0.321. The average Bonchev–Trinajstić information content (AvgIpc) is 3.46. The fourth-order valence-corrected chi connectivity index (χ4v) is 4.80. The molecule has 8 nitrogen and oxygen atoms in total. The number of furan rings is 1. The summed E-state index contributed by atoms with van der Waals surface area (Å²) in [4.78, 5) is 31.9. The van der Waals surface area contributed by atoms with Crippen LogP contribution in [-0.2, 0) is 11.3 Å². The molecule has 0 radical (unpaired) electrons. The van der Waals surface area contributed by atoms with E-state index < -0.39 is 0 Å². The molecule has 5 rings (SSSR count). The summed E-state index contributed by atoms with van der Waals surface area (Å²) in [5.41, 5.74) is 1.87. The second kappa shape index (κ2) is 11.7. The smallest absolute Gasteiger partial charge is 0.256 e. The molecule has 0 unspecified atom stereocenters. The average molecular weight is 550 g/mol. The first-order valence-corrected chi connectivity index (χ1v) is 12.9. The Morgan fingerprint density at radius 3 is 2.24 bits per heavy atom. The van der Waals surface area contributed by atoms with Gasteiger partial charge in [0, 0.05) is 31.7 Å². The Bertz CT molecular complexity index is 1400. The molecule has 0 bridgehead atoms. The Morgan fingerprint density at radius 1 is 0.842 bits per heavy atom. The molecule has 1 aliphatic rings. The van der Waals surface area contributed by atoms with Crippen LogP contribution in [0, 0.1) is 0 Å². The monoisotopic (exact) mass is 549 g/mol. The van der Waals surface area contributed by atoms with Crippen LogP contribution in [0.15, 0.2) is 83.5 Å². The van der Waals surface area contributed by atoms with Crippen LogP contribution in [0.5, 0.6) is 0 Å². The molecule has 2 aromatic heterocycles. The molecule has 2 amide bonds. The molecule has 10 heteroatoms. The molecule has 1 saturated heterocycles. The summed E-state index contributed by atoms with van der Waals surface area (Å²) in [5, 5.41) is 9.69. The fraction of sp³-hybridized carbons (Fsp3) is 0.214. The second-order valence-electron chi connectivity index (χ2n) is 8.84. The summed E-state index contributed by atoms with van der Waals surface area (Å²) >= 11 is 12.5. The van der Waals surface area contributed by atoms with Crippen molar-refractivity contribution in [3.63, 3.8) is 0 Å². The number of anilines is 1. The van der Waals surface area contributed by atoms with Gasteiger partial charge in [-0.25, -0.2) is 0 Å². The van der Waals surface area contributed by atoms with Crippen molar-refractivity contribution >= 4 is 40.8 Å². The molecular formula is C28H25Cl2N5O3. The Labute approximate surface area is 230 Å². The fourth-order valence-electron chi connectivity index (χ4n) is 4.35. The van der Waals surface area contributed by atoms with Crippen LogP contribution in [0.3, 0.4) is 0 Å². The highest BCUT2D eigenvalue weighted by Gasteiger charge is 2.27. The van der Waals surface area contributed by atoms with Crippen molar-refractivity contribution in [1.29, 1.82) is 0 Å². The van der Waals surface area contributed by atoms with Crippen LogP contribution in [0.2, 0.25) is 10.0 Å². The van der Waals surface area contributed by atoms with E-state index in [1.165, 1.54) is 4.90 Å². The van der Waals surface area contributed by atoms with Gasteiger partial charge in [0.2, 0.25) is 5.91 Å². The van der Waals surface area contributed by atoms with Crippen molar-refractivity contribution in [2.24, 2.45) is 0 Å². The molecule has 3 heterocycles. The topological polar surface area (TPSA) is 82.8 Å². The van der Waals surface area contributed by atoms with Crippen molar-refractivity contribution < 1.29 is 14.0 Å². The molecule has 0 spiro atoms. The number of rotatable bonds is 7. The maximum Gasteiger partial charge on any atom is 0.256 e. The van der Waals surface area contributed by atoms with Gasteiger partial charge in [-0.1, -0.05) is 53.5 Å². The van der Waals surface area contributed by atoms with Crippen molar-refractivity contribution in [1.82, 2.24) is 20.0 Å². The largest absolute Gasteiger partial charge is 0.467 e. The maximum atomic E-state index is 13.3. The maximum absolute atomic E-state index is 13.3. The molecule has 4 aromatic rings. The van der Waals surface area contributed by atoms with Crippen LogP contribution in [0.25, 0.3) is 11.3 Å². The van der Waals surface area contributed by atoms with Crippen LogP contribution >= 0.6 is 23.2 Å². The molecular weight excluding hydrogens is 525 g/mol. The van der Waals surface area contributed by atoms with Crippen LogP contribution in [0.4, 0.5) is 5.82 Å². The molecule has 38 heavy (non-hydrogen) atoms. The van der Waals surface area contributed by atoms with Gasteiger partial charge in [-0.3, -0.25) is 9.59 Å². The molecule has 0 N–H and O–H groups in total. The van der Waals surface area contributed by atoms with Crippen LogP contribution in [0.1, 0.15) is 16.1 Å². The minimum atomic E-state index is -0.326. The third kappa shape index (κ3) is 5.82. The summed E-state index contributed by atoms with van der Waals surface area (Å²) < 4.78 is 5.43. The number of hydrogen-bond acceptors (Lipinski definition) is 6. The second-order valence-corrected chi connectivity index (χ2v) is 9.66. The number of carbonyl (C=O) groups is 2. The Balaban J connectivity index is 1.22. The van der Waals surface area contributed by atoms with Crippen molar-refractivity contribution in [3.8, 4) is 11.3 Å². The lowest BCUT2D eigenvalue weighted by molar-refractivity contribution is -0.132. The molecule has 0 aliphatic carbocycles. The lowest BCUT2D eigenvalue weighted by Gasteiger charge is -2.36. The molecule has 194 valence electrons. The highest BCUT2D eigenvalue weighted by molar-refractivity contribution is 6.34. The first-order chi connectivity index (χ1) is 18.5. The number of amides is 2. The van der Waals surface area contributed by atoms with E-state index >= 15 is 0 Å². The first kappa shape index (κ1) is 25.8. The van der Waals surface area contributed by atoms with E-state index in [4.69, 9.17) is 27.6 Å². The van der Waals surface area contributed by atoms with Gasteiger partial charge in [-0.05, 0) is 42.5 Å². The Hall–Kier alpha value is -3.88. The molecule has 1 aliphatic heterocycles. The summed E-state index contributed by atoms with van der Waals surface area (Å²) in [5.74, 6) is 0.854. The molecule has 0 atom stereocenters. The van der Waals surface area contributed by atoms with Gasteiger partial charge >= 0.3 is 0 Å². The number of aromatic nitrogens is 2. The zero-order chi connectivity index (χ0) is 26.5. The highest BCUT2D eigenvalue weighted by Crippen LogP contribution is 2.26. The number of carbonyl (C=O) groups excluding carboxylic acids is 2. The SMILES string of the molecule is O=C(CN(Cc1ccco1)C(=O)c1ccccc1Cl)N1CCN(c2ccc(-c3ccccc3Cl)nn2)CC1. The lowest BCUT2D eigenvalue weighted by Crippen LogP contribution is -2.52. The number of piperazine rings is 1. The predicted octanol–water partition coefficient (Wildman–Crippen LogP) is 5.03. The molecule has 2 aromatic carbocycles. The van der Waals surface area contributed by atoms with Crippen LogP contribution in [-0.4, -0.2) is 64.5 Å². The van der Waals surface area contributed by atoms with Gasteiger partial charge < -0.3 is 19.1 Å². The van der Waals surface area contributed by atoms with Crippen molar-refractivity contribution in [2.45, 2.75) is 6.54 Å². The van der Waals surface area contributed by atoms with E-state index in [0.717, 1.165) is 11.4 Å². The van der Waals surface area contributed by atoms with Gasteiger partial charge in [0.15, 0.2) is 5.82 Å². The summed E-state index contributed by atoms with van der Waals surface area (Å²) in [7, 11) is 0. The summed E-state index contributed by atoms with van der Waals surface area (Å²) in [6, 6.07) is 21.7. The number of benzene rings is 2. The minimum absolute atomic E-state index is 0.0862. The third-order valence-corrected chi connectivity index (χ3v) is 7.06. The number of halogens is 2. The van der Waals surface area contributed by atoms with Gasteiger partial charge in [-0.2, -0.15) is 0 Å². The van der Waals surface area contributed by atoms with Gasteiger partial charge in [-0.15, -0.1) is 10.2 Å². The summed E-state index contributed by atoms with van der Waals surface area (Å²) in [6.45, 7) is 2.28. The highest BCUT2D eigenvalue weighted by atomic mass is 35.5. The van der Waals surface area contributed by atoms with Crippen LogP contribution < -0.4 is 4.90 Å². The van der Waals surface area contributed by atoms with E-state index in [1.54, 1.807) is 47.6 Å². The van der Waals surface area contributed by atoms with Crippen molar-refractivity contribution in [3.05, 3.63) is 100 Å². The van der Waals surface area contributed by atoms with Crippen molar-refractivity contribution in [2.75, 3.05) is 37.6 Å². The van der Waals surface area contributed by atoms with Gasteiger partial charge in [0.05, 0.1) is 34.1 Å². The lowest BCUT2D eigenvalue weighted by atomic mass is 10.1. The first-order valence-electron chi connectivity index (χ1n) is 12.2. The Morgan fingerprint density at radius 2 is 1.58 bits per heavy atom. The number of nitrogens with zero attached hydrogens (tertiary/aromatic N) is 5. The van der Waals surface area contributed by atoms with E-state index in [1.807, 2.05) is 36.4 Å². The zero-order valence-electron chi connectivity index (χ0n) is 20.5. The van der Waals surface area contributed by atoms with E-state index in [-0.39, 0.29) is 24.9 Å². The molecule has 1 fully saturated rings. The predicted molar refractivity (Wildman–Crippen MR) is 146 cm³/mol. The van der Waals surface area contributed by atoms with E-state index in [0.29, 0.717) is 53.2 Å². The Kier molecular flexibility index (Phi) is 7.91. The normalized spacial score (nSPS) is 13.4. The van der Waals surface area contributed by atoms with E-state index in [2.05, 4.69) is 15.1 Å². The summed E-state index contributed by atoms with van der Waals surface area (Å²) in [6.07, 6.45) is 1.54. The standard InChI is InChI=1S/C28H25Cl2N5O3/c29-23-9-3-1-7-21(23)25-11-12-26(32-31-25)33-13-15-34(16-14-33)27(36)19-35(18-20-6-5-17-38-20)28(37)22-8-2-4-10-24(22)30/h1-12,17H,13-16,18-19H2. The van der Waals surface area contributed by atoms with E-state index in [9.17, 15) is 9.59 Å². The number of hydrogen-bond donors (Lipinski definition) is 0. The van der Waals surface area contributed by atoms with Gasteiger partial charge in [0.1, 0.15) is 12.3 Å². The third-order valence-electron chi connectivity index (χ3n) is 6.40. The molecule has 0 saturated carbocycles. The van der Waals surface area contributed by atoms with Gasteiger partial charge in [0.25, 0.3) is 5.91 Å².